The Balaban J connectivity index is 1.94. The Labute approximate surface area is 130 Å². The average molecular weight is 309 g/mol. The molecule has 1 aliphatic rings. The van der Waals surface area contributed by atoms with E-state index >= 15 is 0 Å². The Kier molecular flexibility index (Phi) is 5.91. The summed E-state index contributed by atoms with van der Waals surface area (Å²) in [7, 11) is 0. The van der Waals surface area contributed by atoms with Gasteiger partial charge in [-0.3, -0.25) is 4.79 Å². The van der Waals surface area contributed by atoms with E-state index in [4.69, 9.17) is 4.74 Å². The zero-order chi connectivity index (χ0) is 16.0. The first kappa shape index (κ1) is 16.9. The minimum atomic E-state index is -0.320. The summed E-state index contributed by atoms with van der Waals surface area (Å²) in [5, 5.41) is 9.81. The molecule has 0 saturated carbocycles. The van der Waals surface area contributed by atoms with E-state index in [1.165, 1.54) is 12.1 Å². The molecule has 0 spiro atoms. The first-order valence-electron chi connectivity index (χ1n) is 7.79. The highest BCUT2D eigenvalue weighted by molar-refractivity contribution is 5.76. The minimum Gasteiger partial charge on any atom is -0.396 e. The van der Waals surface area contributed by atoms with Crippen LogP contribution in [0.4, 0.5) is 4.39 Å². The monoisotopic (exact) mass is 309 g/mol. The quantitative estimate of drug-likeness (QED) is 0.784. The number of aliphatic hydroxyl groups excluding tert-OH is 1. The molecule has 1 atom stereocenters. The highest BCUT2D eigenvalue weighted by atomic mass is 19.1. The van der Waals surface area contributed by atoms with E-state index in [-0.39, 0.29) is 23.7 Å². The summed E-state index contributed by atoms with van der Waals surface area (Å²) in [4.78, 5) is 13.9. The molecule has 0 aromatic heterocycles. The lowest BCUT2D eigenvalue weighted by molar-refractivity contribution is -0.131. The number of nitrogens with zero attached hydrogens (tertiary/aromatic N) is 1. The fourth-order valence-corrected chi connectivity index (χ4v) is 2.97. The number of hydrogen-bond acceptors (Lipinski definition) is 3. The minimum absolute atomic E-state index is 0.0274. The van der Waals surface area contributed by atoms with Crippen LogP contribution in [0.25, 0.3) is 0 Å². The summed E-state index contributed by atoms with van der Waals surface area (Å²) < 4.78 is 18.2. The molecule has 2 rings (SSSR count). The normalized spacial score (nSPS) is 21.3. The van der Waals surface area contributed by atoms with Crippen molar-refractivity contribution in [2.45, 2.75) is 26.2 Å². The fourth-order valence-electron chi connectivity index (χ4n) is 2.97. The van der Waals surface area contributed by atoms with Gasteiger partial charge in [0.1, 0.15) is 5.82 Å². The number of carbonyl (C=O) groups is 1. The predicted molar refractivity (Wildman–Crippen MR) is 81.9 cm³/mol. The van der Waals surface area contributed by atoms with Gasteiger partial charge in [0.05, 0.1) is 19.6 Å². The maximum atomic E-state index is 13.0. The Morgan fingerprint density at radius 3 is 2.77 bits per heavy atom. The van der Waals surface area contributed by atoms with E-state index in [1.807, 2.05) is 6.92 Å². The van der Waals surface area contributed by atoms with Crippen molar-refractivity contribution in [2.75, 3.05) is 32.9 Å². The lowest BCUT2D eigenvalue weighted by atomic mass is 9.81. The molecule has 0 bridgehead atoms. The van der Waals surface area contributed by atoms with Gasteiger partial charge in [0.15, 0.2) is 0 Å². The van der Waals surface area contributed by atoms with Crippen LogP contribution in [-0.4, -0.2) is 48.8 Å². The predicted octanol–water partition coefficient (Wildman–Crippen LogP) is 2.01. The van der Waals surface area contributed by atoms with Crippen molar-refractivity contribution in [1.82, 2.24) is 4.90 Å². The van der Waals surface area contributed by atoms with Crippen LogP contribution in [0.15, 0.2) is 24.3 Å². The second kappa shape index (κ2) is 7.70. The molecule has 0 radical (unpaired) electrons. The van der Waals surface area contributed by atoms with Crippen LogP contribution in [0.5, 0.6) is 0 Å². The van der Waals surface area contributed by atoms with Gasteiger partial charge in [-0.1, -0.05) is 12.1 Å². The molecule has 0 aliphatic carbocycles. The molecule has 5 heteroatoms. The third kappa shape index (κ3) is 4.27. The van der Waals surface area contributed by atoms with E-state index < -0.39 is 0 Å². The van der Waals surface area contributed by atoms with Crippen LogP contribution in [0, 0.1) is 11.2 Å². The number of amides is 1. The smallest absolute Gasteiger partial charge is 0.224 e. The third-order valence-electron chi connectivity index (χ3n) is 4.28. The summed E-state index contributed by atoms with van der Waals surface area (Å²) >= 11 is 0. The van der Waals surface area contributed by atoms with Gasteiger partial charge in [-0.05, 0) is 37.5 Å². The molecule has 1 heterocycles. The van der Waals surface area contributed by atoms with E-state index in [0.29, 0.717) is 39.1 Å². The topological polar surface area (TPSA) is 49.8 Å². The molecule has 1 aromatic rings. The van der Waals surface area contributed by atoms with Crippen molar-refractivity contribution in [1.29, 1.82) is 0 Å². The van der Waals surface area contributed by atoms with Gasteiger partial charge in [-0.25, -0.2) is 4.39 Å². The van der Waals surface area contributed by atoms with Gasteiger partial charge < -0.3 is 14.7 Å². The SMILES string of the molecule is CCOCCC(=O)N1CCC(CO)(Cc2ccc(F)cc2)C1. The number of halogens is 1. The van der Waals surface area contributed by atoms with E-state index in [2.05, 4.69) is 0 Å². The van der Waals surface area contributed by atoms with Crippen molar-refractivity contribution in [2.24, 2.45) is 5.41 Å². The lowest BCUT2D eigenvalue weighted by Crippen LogP contribution is -2.35. The molecule has 1 fully saturated rings. The average Bonchev–Trinajstić information content (AvgIpc) is 2.95. The third-order valence-corrected chi connectivity index (χ3v) is 4.28. The van der Waals surface area contributed by atoms with Gasteiger partial charge in [-0.2, -0.15) is 0 Å². The summed E-state index contributed by atoms with van der Waals surface area (Å²) in [5.41, 5.74) is 0.665. The van der Waals surface area contributed by atoms with E-state index in [1.54, 1.807) is 17.0 Å². The summed E-state index contributed by atoms with van der Waals surface area (Å²) in [6.45, 7) is 4.19. The van der Waals surface area contributed by atoms with Crippen LogP contribution in [0.3, 0.4) is 0 Å². The molecule has 1 N–H and O–H groups in total. The van der Waals surface area contributed by atoms with Crippen LogP contribution < -0.4 is 0 Å². The first-order chi connectivity index (χ1) is 10.6. The number of carbonyl (C=O) groups excluding carboxylic acids is 1. The van der Waals surface area contributed by atoms with Crippen LogP contribution >= 0.6 is 0 Å². The van der Waals surface area contributed by atoms with Gasteiger partial charge in [0.2, 0.25) is 5.91 Å². The lowest BCUT2D eigenvalue weighted by Gasteiger charge is -2.27. The molecule has 122 valence electrons. The molecule has 1 aliphatic heterocycles. The molecule has 1 saturated heterocycles. The zero-order valence-corrected chi connectivity index (χ0v) is 13.1. The standard InChI is InChI=1S/C17H24FNO3/c1-2-22-10-7-16(21)19-9-8-17(12-19,13-20)11-14-3-5-15(18)6-4-14/h3-6,20H,2,7-13H2,1H3. The number of rotatable bonds is 7. The number of likely N-dealkylation sites (tertiary alicyclic amines) is 1. The van der Waals surface area contributed by atoms with Gasteiger partial charge in [-0.15, -0.1) is 0 Å². The number of benzene rings is 1. The highest BCUT2D eigenvalue weighted by Crippen LogP contribution is 2.34. The maximum Gasteiger partial charge on any atom is 0.224 e. The van der Waals surface area contributed by atoms with Gasteiger partial charge in [0.25, 0.3) is 0 Å². The van der Waals surface area contributed by atoms with Crippen LogP contribution in [0.1, 0.15) is 25.3 Å². The van der Waals surface area contributed by atoms with Crippen molar-refractivity contribution in [3.05, 3.63) is 35.6 Å². The summed E-state index contributed by atoms with van der Waals surface area (Å²) in [6.07, 6.45) is 1.80. The van der Waals surface area contributed by atoms with Crippen LogP contribution in [0.2, 0.25) is 0 Å². The molecular formula is C17H24FNO3. The first-order valence-corrected chi connectivity index (χ1v) is 7.79. The van der Waals surface area contributed by atoms with Crippen molar-refractivity contribution in [3.8, 4) is 0 Å². The number of hydrogen-bond donors (Lipinski definition) is 1. The second-order valence-corrected chi connectivity index (χ2v) is 5.97. The Morgan fingerprint density at radius 1 is 1.41 bits per heavy atom. The van der Waals surface area contributed by atoms with Gasteiger partial charge >= 0.3 is 0 Å². The maximum absolute atomic E-state index is 13.0. The summed E-state index contributed by atoms with van der Waals surface area (Å²) in [6, 6.07) is 6.35. The molecule has 4 nitrogen and oxygen atoms in total. The summed E-state index contributed by atoms with van der Waals surface area (Å²) in [5.74, 6) is -0.191. The second-order valence-electron chi connectivity index (χ2n) is 5.97. The molecule has 1 amide bonds. The molecule has 1 aromatic carbocycles. The Morgan fingerprint density at radius 2 is 2.14 bits per heavy atom. The fraction of sp³-hybridized carbons (Fsp3) is 0.588. The Bertz CT molecular complexity index is 491. The van der Waals surface area contributed by atoms with E-state index in [9.17, 15) is 14.3 Å². The number of ether oxygens (including phenoxy) is 1. The molecule has 22 heavy (non-hydrogen) atoms. The zero-order valence-electron chi connectivity index (χ0n) is 13.1. The molecular weight excluding hydrogens is 285 g/mol. The number of aliphatic hydroxyl groups is 1. The largest absolute Gasteiger partial charge is 0.396 e. The van der Waals surface area contributed by atoms with Crippen molar-refractivity contribution in [3.63, 3.8) is 0 Å². The van der Waals surface area contributed by atoms with Gasteiger partial charge in [0, 0.05) is 25.1 Å². The van der Waals surface area contributed by atoms with E-state index in [0.717, 1.165) is 12.0 Å². The molecule has 1 unspecified atom stereocenters. The highest BCUT2D eigenvalue weighted by Gasteiger charge is 2.39. The van der Waals surface area contributed by atoms with Crippen molar-refractivity contribution < 1.29 is 19.0 Å². The van der Waals surface area contributed by atoms with Crippen molar-refractivity contribution >= 4 is 5.91 Å². The van der Waals surface area contributed by atoms with Crippen LogP contribution in [-0.2, 0) is 16.0 Å². The Hall–Kier alpha value is -1.46.